The highest BCUT2D eigenvalue weighted by atomic mass is 14.9. The standard InChI is InChI=1S/C17H17N3/c1-12-7-9-14(10-8-12)17-19-15(11-16(18)20-17)13-5-3-2-4-6-13/h2-7,9-12H,8H2,1H3,(H2,18,19,20). The number of allylic oxidation sites excluding steroid dienone is 4. The average molecular weight is 263 g/mol. The van der Waals surface area contributed by atoms with Gasteiger partial charge in [-0.25, -0.2) is 9.97 Å². The van der Waals surface area contributed by atoms with Crippen LogP contribution < -0.4 is 5.73 Å². The summed E-state index contributed by atoms with van der Waals surface area (Å²) in [6, 6.07) is 11.8. The molecule has 20 heavy (non-hydrogen) atoms. The molecule has 3 rings (SSSR count). The first kappa shape index (κ1) is 12.6. The van der Waals surface area contributed by atoms with Gasteiger partial charge in [0.05, 0.1) is 5.69 Å². The summed E-state index contributed by atoms with van der Waals surface area (Å²) in [6.07, 6.45) is 7.46. The largest absolute Gasteiger partial charge is 0.384 e. The van der Waals surface area contributed by atoms with Crippen molar-refractivity contribution in [3.05, 3.63) is 60.5 Å². The molecule has 0 bridgehead atoms. The molecule has 2 aromatic rings. The van der Waals surface area contributed by atoms with Gasteiger partial charge in [-0.05, 0) is 12.3 Å². The lowest BCUT2D eigenvalue weighted by Gasteiger charge is -2.12. The van der Waals surface area contributed by atoms with Crippen molar-refractivity contribution in [2.45, 2.75) is 13.3 Å². The van der Waals surface area contributed by atoms with Gasteiger partial charge < -0.3 is 5.73 Å². The Labute approximate surface area is 118 Å². The SMILES string of the molecule is CC1C=CC(c2nc(N)cc(-c3ccccc3)n2)=CC1. The molecule has 1 atom stereocenters. The smallest absolute Gasteiger partial charge is 0.161 e. The number of nitrogen functional groups attached to an aromatic ring is 1. The number of nitrogens with two attached hydrogens (primary N) is 1. The lowest BCUT2D eigenvalue weighted by molar-refractivity contribution is 0.738. The quantitative estimate of drug-likeness (QED) is 0.898. The minimum Gasteiger partial charge on any atom is -0.384 e. The van der Waals surface area contributed by atoms with Crippen LogP contribution in [-0.2, 0) is 0 Å². The average Bonchev–Trinajstić information content (AvgIpc) is 2.48. The van der Waals surface area contributed by atoms with E-state index in [1.165, 1.54) is 0 Å². The summed E-state index contributed by atoms with van der Waals surface area (Å²) < 4.78 is 0. The van der Waals surface area contributed by atoms with Crippen LogP contribution in [0.5, 0.6) is 0 Å². The van der Waals surface area contributed by atoms with Crippen LogP contribution >= 0.6 is 0 Å². The Hall–Kier alpha value is -2.42. The van der Waals surface area contributed by atoms with Gasteiger partial charge in [-0.3, -0.25) is 0 Å². The fourth-order valence-electron chi connectivity index (χ4n) is 2.25. The fraction of sp³-hybridized carbons (Fsp3) is 0.176. The summed E-state index contributed by atoms with van der Waals surface area (Å²) in [6.45, 7) is 2.19. The topological polar surface area (TPSA) is 51.8 Å². The lowest BCUT2D eigenvalue weighted by atomic mass is 9.98. The van der Waals surface area contributed by atoms with E-state index >= 15 is 0 Å². The molecule has 0 fully saturated rings. The molecule has 1 aromatic heterocycles. The number of nitrogens with zero attached hydrogens (tertiary/aromatic N) is 2. The van der Waals surface area contributed by atoms with E-state index in [4.69, 9.17) is 5.73 Å². The van der Waals surface area contributed by atoms with E-state index in [0.717, 1.165) is 23.3 Å². The van der Waals surface area contributed by atoms with E-state index in [0.29, 0.717) is 17.6 Å². The molecule has 0 radical (unpaired) electrons. The molecule has 1 heterocycles. The number of hydrogen-bond donors (Lipinski definition) is 1. The van der Waals surface area contributed by atoms with E-state index in [2.05, 4.69) is 35.1 Å². The molecule has 3 nitrogen and oxygen atoms in total. The lowest BCUT2D eigenvalue weighted by Crippen LogP contribution is -2.02. The maximum Gasteiger partial charge on any atom is 0.161 e. The van der Waals surface area contributed by atoms with Gasteiger partial charge in [-0.1, -0.05) is 55.5 Å². The van der Waals surface area contributed by atoms with Gasteiger partial charge in [0.1, 0.15) is 5.82 Å². The number of rotatable bonds is 2. The molecule has 1 aromatic carbocycles. The van der Waals surface area contributed by atoms with Crippen LogP contribution in [0.4, 0.5) is 5.82 Å². The normalized spacial score (nSPS) is 17.9. The van der Waals surface area contributed by atoms with Crippen LogP contribution in [0.2, 0.25) is 0 Å². The Bertz CT molecular complexity index is 672. The minimum atomic E-state index is 0.502. The van der Waals surface area contributed by atoms with Crippen LogP contribution in [0, 0.1) is 5.92 Å². The first-order chi connectivity index (χ1) is 9.72. The Morgan fingerprint density at radius 2 is 1.95 bits per heavy atom. The minimum absolute atomic E-state index is 0.502. The van der Waals surface area contributed by atoms with Crippen molar-refractivity contribution in [2.24, 2.45) is 5.92 Å². The van der Waals surface area contributed by atoms with E-state index in [-0.39, 0.29) is 0 Å². The van der Waals surface area contributed by atoms with Gasteiger partial charge in [0.2, 0.25) is 0 Å². The van der Waals surface area contributed by atoms with E-state index in [1.807, 2.05) is 36.4 Å². The predicted molar refractivity (Wildman–Crippen MR) is 82.8 cm³/mol. The molecule has 0 amide bonds. The highest BCUT2D eigenvalue weighted by Crippen LogP contribution is 2.25. The summed E-state index contributed by atoms with van der Waals surface area (Å²) in [7, 11) is 0. The second-order valence-corrected chi connectivity index (χ2v) is 5.10. The second kappa shape index (κ2) is 5.29. The number of hydrogen-bond acceptors (Lipinski definition) is 3. The third-order valence-electron chi connectivity index (χ3n) is 3.39. The van der Waals surface area contributed by atoms with Crippen LogP contribution in [0.25, 0.3) is 16.8 Å². The molecule has 100 valence electrons. The molecule has 3 heteroatoms. The summed E-state index contributed by atoms with van der Waals surface area (Å²) in [5.74, 6) is 1.78. The van der Waals surface area contributed by atoms with Crippen LogP contribution in [-0.4, -0.2) is 9.97 Å². The third kappa shape index (κ3) is 2.62. The summed E-state index contributed by atoms with van der Waals surface area (Å²) >= 11 is 0. The fourth-order valence-corrected chi connectivity index (χ4v) is 2.25. The van der Waals surface area contributed by atoms with Crippen LogP contribution in [0.3, 0.4) is 0 Å². The van der Waals surface area contributed by atoms with Crippen molar-refractivity contribution in [3.63, 3.8) is 0 Å². The Morgan fingerprint density at radius 3 is 2.65 bits per heavy atom. The Kier molecular flexibility index (Phi) is 3.33. The molecular weight excluding hydrogens is 246 g/mol. The maximum atomic E-state index is 5.93. The molecule has 0 aliphatic heterocycles. The zero-order valence-corrected chi connectivity index (χ0v) is 11.5. The first-order valence-corrected chi connectivity index (χ1v) is 6.81. The van der Waals surface area contributed by atoms with Gasteiger partial charge in [0, 0.05) is 17.2 Å². The molecule has 1 aliphatic rings. The zero-order valence-electron chi connectivity index (χ0n) is 11.5. The summed E-state index contributed by atoms with van der Waals surface area (Å²) in [5, 5.41) is 0. The number of benzene rings is 1. The van der Waals surface area contributed by atoms with E-state index in [9.17, 15) is 0 Å². The predicted octanol–water partition coefficient (Wildman–Crippen LogP) is 3.71. The monoisotopic (exact) mass is 263 g/mol. The van der Waals surface area contributed by atoms with Crippen molar-refractivity contribution in [1.82, 2.24) is 9.97 Å². The Morgan fingerprint density at radius 1 is 1.15 bits per heavy atom. The van der Waals surface area contributed by atoms with Crippen LogP contribution in [0.15, 0.2) is 54.6 Å². The summed E-state index contributed by atoms with van der Waals surface area (Å²) in [5.41, 5.74) is 8.89. The Balaban J connectivity index is 2.02. The third-order valence-corrected chi connectivity index (χ3v) is 3.39. The molecule has 0 saturated heterocycles. The highest BCUT2D eigenvalue weighted by Gasteiger charge is 2.10. The second-order valence-electron chi connectivity index (χ2n) is 5.10. The van der Waals surface area contributed by atoms with E-state index < -0.39 is 0 Å². The molecule has 0 saturated carbocycles. The first-order valence-electron chi connectivity index (χ1n) is 6.81. The van der Waals surface area contributed by atoms with Crippen molar-refractivity contribution >= 4 is 11.4 Å². The van der Waals surface area contributed by atoms with Crippen molar-refractivity contribution < 1.29 is 0 Å². The zero-order chi connectivity index (χ0) is 13.9. The van der Waals surface area contributed by atoms with Gasteiger partial charge in [0.25, 0.3) is 0 Å². The van der Waals surface area contributed by atoms with Gasteiger partial charge >= 0.3 is 0 Å². The van der Waals surface area contributed by atoms with E-state index in [1.54, 1.807) is 0 Å². The van der Waals surface area contributed by atoms with Gasteiger partial charge in [0.15, 0.2) is 5.82 Å². The summed E-state index contributed by atoms with van der Waals surface area (Å²) in [4.78, 5) is 9.00. The van der Waals surface area contributed by atoms with Crippen molar-refractivity contribution in [1.29, 1.82) is 0 Å². The molecule has 0 spiro atoms. The number of aromatic nitrogens is 2. The molecular formula is C17H17N3. The molecule has 2 N–H and O–H groups in total. The highest BCUT2D eigenvalue weighted by molar-refractivity contribution is 5.73. The van der Waals surface area contributed by atoms with Crippen molar-refractivity contribution in [3.8, 4) is 11.3 Å². The van der Waals surface area contributed by atoms with Crippen molar-refractivity contribution in [2.75, 3.05) is 5.73 Å². The van der Waals surface area contributed by atoms with Gasteiger partial charge in [-0.2, -0.15) is 0 Å². The molecule has 1 aliphatic carbocycles. The van der Waals surface area contributed by atoms with Crippen LogP contribution in [0.1, 0.15) is 19.2 Å². The molecule has 1 unspecified atom stereocenters. The number of anilines is 1. The van der Waals surface area contributed by atoms with Gasteiger partial charge in [-0.15, -0.1) is 0 Å². The maximum absolute atomic E-state index is 5.93.